The Balaban J connectivity index is 1.70. The molecule has 0 aromatic rings. The van der Waals surface area contributed by atoms with Crippen molar-refractivity contribution >= 4 is 0 Å². The summed E-state index contributed by atoms with van der Waals surface area (Å²) >= 11 is 0. The maximum atomic E-state index is 5.85. The fraction of sp³-hybridized carbons (Fsp3) is 1.00. The molecule has 0 amide bonds. The van der Waals surface area contributed by atoms with Gasteiger partial charge in [-0.3, -0.25) is 0 Å². The molecular formula is C14H26O. The molecule has 1 saturated carbocycles. The molecule has 1 atom stereocenters. The van der Waals surface area contributed by atoms with Gasteiger partial charge in [-0.1, -0.05) is 44.9 Å². The Morgan fingerprint density at radius 1 is 0.733 bits per heavy atom. The fourth-order valence-electron chi connectivity index (χ4n) is 3.14. The molecule has 1 aliphatic heterocycles. The van der Waals surface area contributed by atoms with Crippen LogP contribution in [0.5, 0.6) is 0 Å². The Morgan fingerprint density at radius 3 is 2.07 bits per heavy atom. The summed E-state index contributed by atoms with van der Waals surface area (Å²) in [5, 5.41) is 0. The Kier molecular flexibility index (Phi) is 4.98. The molecular weight excluding hydrogens is 184 g/mol. The molecule has 0 aromatic heterocycles. The predicted molar refractivity (Wildman–Crippen MR) is 64.0 cm³/mol. The van der Waals surface area contributed by atoms with Crippen molar-refractivity contribution in [1.82, 2.24) is 0 Å². The van der Waals surface area contributed by atoms with E-state index in [0.717, 1.165) is 12.5 Å². The molecule has 15 heavy (non-hydrogen) atoms. The molecule has 1 unspecified atom stereocenters. The van der Waals surface area contributed by atoms with Crippen LogP contribution in [0, 0.1) is 5.92 Å². The molecule has 1 aliphatic carbocycles. The number of hydrogen-bond acceptors (Lipinski definition) is 1. The van der Waals surface area contributed by atoms with Crippen LogP contribution < -0.4 is 0 Å². The fourth-order valence-corrected chi connectivity index (χ4v) is 3.14. The minimum Gasteiger partial charge on any atom is -0.378 e. The molecule has 88 valence electrons. The van der Waals surface area contributed by atoms with Crippen LogP contribution in [0.25, 0.3) is 0 Å². The van der Waals surface area contributed by atoms with Crippen LogP contribution in [-0.4, -0.2) is 12.7 Å². The van der Waals surface area contributed by atoms with Crippen molar-refractivity contribution < 1.29 is 4.74 Å². The Hall–Kier alpha value is -0.0400. The molecule has 0 bridgehead atoms. The molecule has 0 radical (unpaired) electrons. The van der Waals surface area contributed by atoms with Crippen LogP contribution in [0.3, 0.4) is 0 Å². The van der Waals surface area contributed by atoms with E-state index in [0.29, 0.717) is 6.10 Å². The van der Waals surface area contributed by atoms with Gasteiger partial charge in [-0.15, -0.1) is 0 Å². The molecule has 1 nitrogen and oxygen atoms in total. The van der Waals surface area contributed by atoms with Gasteiger partial charge in [0, 0.05) is 6.61 Å². The molecule has 1 heteroatoms. The van der Waals surface area contributed by atoms with Crippen LogP contribution >= 0.6 is 0 Å². The SMILES string of the molecule is C1CCCC(CC2CCCCO2)CCC1. The highest BCUT2D eigenvalue weighted by molar-refractivity contribution is 4.71. The second-order valence-electron chi connectivity index (χ2n) is 5.44. The second-order valence-corrected chi connectivity index (χ2v) is 5.44. The Bertz CT molecular complexity index is 153. The minimum atomic E-state index is 0.614. The Labute approximate surface area is 94.6 Å². The summed E-state index contributed by atoms with van der Waals surface area (Å²) in [6.45, 7) is 1.03. The third kappa shape index (κ3) is 4.14. The van der Waals surface area contributed by atoms with E-state index in [4.69, 9.17) is 4.74 Å². The van der Waals surface area contributed by atoms with E-state index in [1.165, 1.54) is 70.6 Å². The molecule has 2 aliphatic rings. The minimum absolute atomic E-state index is 0.614. The van der Waals surface area contributed by atoms with Crippen LogP contribution in [0.4, 0.5) is 0 Å². The van der Waals surface area contributed by atoms with Crippen molar-refractivity contribution in [1.29, 1.82) is 0 Å². The van der Waals surface area contributed by atoms with Gasteiger partial charge >= 0.3 is 0 Å². The molecule has 1 saturated heterocycles. The van der Waals surface area contributed by atoms with Gasteiger partial charge in [0.2, 0.25) is 0 Å². The molecule has 0 N–H and O–H groups in total. The highest BCUT2D eigenvalue weighted by Gasteiger charge is 2.19. The van der Waals surface area contributed by atoms with Gasteiger partial charge < -0.3 is 4.74 Å². The average molecular weight is 210 g/mol. The number of rotatable bonds is 2. The van der Waals surface area contributed by atoms with Crippen LogP contribution in [-0.2, 0) is 4.74 Å². The zero-order valence-corrected chi connectivity index (χ0v) is 10.0. The van der Waals surface area contributed by atoms with Gasteiger partial charge in [0.1, 0.15) is 0 Å². The monoisotopic (exact) mass is 210 g/mol. The maximum Gasteiger partial charge on any atom is 0.0577 e. The Morgan fingerprint density at radius 2 is 1.40 bits per heavy atom. The van der Waals surface area contributed by atoms with Crippen molar-refractivity contribution in [2.45, 2.75) is 76.7 Å². The van der Waals surface area contributed by atoms with Gasteiger partial charge in [-0.05, 0) is 31.6 Å². The van der Waals surface area contributed by atoms with Crippen molar-refractivity contribution in [3.05, 3.63) is 0 Å². The summed E-state index contributed by atoms with van der Waals surface area (Å²) in [6, 6.07) is 0. The second kappa shape index (κ2) is 6.52. The van der Waals surface area contributed by atoms with Crippen molar-refractivity contribution in [2.75, 3.05) is 6.61 Å². The van der Waals surface area contributed by atoms with E-state index in [1.807, 2.05) is 0 Å². The van der Waals surface area contributed by atoms with Crippen LogP contribution in [0.2, 0.25) is 0 Å². The van der Waals surface area contributed by atoms with Crippen molar-refractivity contribution in [3.63, 3.8) is 0 Å². The first kappa shape index (κ1) is 11.4. The predicted octanol–water partition coefficient (Wildman–Crippen LogP) is 4.31. The summed E-state index contributed by atoms with van der Waals surface area (Å²) in [6.07, 6.45) is 16.3. The van der Waals surface area contributed by atoms with E-state index in [9.17, 15) is 0 Å². The topological polar surface area (TPSA) is 9.23 Å². The summed E-state index contributed by atoms with van der Waals surface area (Å²) < 4.78 is 5.85. The summed E-state index contributed by atoms with van der Waals surface area (Å²) in [5.74, 6) is 0.980. The third-order valence-corrected chi connectivity index (χ3v) is 4.09. The van der Waals surface area contributed by atoms with E-state index < -0.39 is 0 Å². The first-order valence-corrected chi connectivity index (χ1v) is 7.07. The zero-order valence-electron chi connectivity index (χ0n) is 10.0. The quantitative estimate of drug-likeness (QED) is 0.660. The summed E-state index contributed by atoms with van der Waals surface area (Å²) in [7, 11) is 0. The normalized spacial score (nSPS) is 30.8. The highest BCUT2D eigenvalue weighted by Crippen LogP contribution is 2.29. The lowest BCUT2D eigenvalue weighted by molar-refractivity contribution is -0.000726. The largest absolute Gasteiger partial charge is 0.378 e. The lowest BCUT2D eigenvalue weighted by Crippen LogP contribution is -2.22. The lowest BCUT2D eigenvalue weighted by atomic mass is 9.86. The number of ether oxygens (including phenoxy) is 1. The molecule has 0 aromatic carbocycles. The average Bonchev–Trinajstić information content (AvgIpc) is 2.23. The zero-order chi connectivity index (χ0) is 10.3. The van der Waals surface area contributed by atoms with Crippen molar-refractivity contribution in [2.24, 2.45) is 5.92 Å². The first-order valence-electron chi connectivity index (χ1n) is 7.07. The van der Waals surface area contributed by atoms with E-state index in [2.05, 4.69) is 0 Å². The molecule has 1 heterocycles. The molecule has 0 spiro atoms. The van der Waals surface area contributed by atoms with Gasteiger partial charge in [-0.25, -0.2) is 0 Å². The third-order valence-electron chi connectivity index (χ3n) is 4.09. The summed E-state index contributed by atoms with van der Waals surface area (Å²) in [5.41, 5.74) is 0. The molecule has 2 fully saturated rings. The number of hydrogen-bond donors (Lipinski definition) is 0. The van der Waals surface area contributed by atoms with E-state index in [-0.39, 0.29) is 0 Å². The standard InChI is InChI=1S/C14H26O/c1-2-4-8-13(9-5-3-1)12-14-10-6-7-11-15-14/h13-14H,1-12H2. The maximum absolute atomic E-state index is 5.85. The van der Waals surface area contributed by atoms with Gasteiger partial charge in [0.15, 0.2) is 0 Å². The highest BCUT2D eigenvalue weighted by atomic mass is 16.5. The van der Waals surface area contributed by atoms with Crippen LogP contribution in [0.1, 0.15) is 70.6 Å². The smallest absolute Gasteiger partial charge is 0.0577 e. The van der Waals surface area contributed by atoms with Crippen LogP contribution in [0.15, 0.2) is 0 Å². The first-order chi connectivity index (χ1) is 7.45. The van der Waals surface area contributed by atoms with E-state index >= 15 is 0 Å². The summed E-state index contributed by atoms with van der Waals surface area (Å²) in [4.78, 5) is 0. The van der Waals surface area contributed by atoms with Gasteiger partial charge in [-0.2, -0.15) is 0 Å². The van der Waals surface area contributed by atoms with Gasteiger partial charge in [0.25, 0.3) is 0 Å². The van der Waals surface area contributed by atoms with Gasteiger partial charge in [0.05, 0.1) is 6.10 Å². The lowest BCUT2D eigenvalue weighted by Gasteiger charge is -2.28. The van der Waals surface area contributed by atoms with E-state index in [1.54, 1.807) is 0 Å². The molecule has 2 rings (SSSR count). The van der Waals surface area contributed by atoms with Crippen molar-refractivity contribution in [3.8, 4) is 0 Å².